The maximum absolute atomic E-state index is 13.9. The zero-order chi connectivity index (χ0) is 22.8. The summed E-state index contributed by atoms with van der Waals surface area (Å²) >= 11 is 13.5. The molecule has 2 aromatic rings. The lowest BCUT2D eigenvalue weighted by Crippen LogP contribution is -2.49. The normalized spacial score (nSPS) is 11.8. The van der Waals surface area contributed by atoms with Crippen LogP contribution in [0.2, 0.25) is 10.0 Å². The number of rotatable bonds is 11. The van der Waals surface area contributed by atoms with Crippen LogP contribution < -0.4 is 5.32 Å². The lowest BCUT2D eigenvalue weighted by Gasteiger charge is -2.30. The van der Waals surface area contributed by atoms with Crippen molar-refractivity contribution in [2.24, 2.45) is 0 Å². The molecule has 2 rings (SSSR count). The highest BCUT2D eigenvalue weighted by molar-refractivity contribution is 7.99. The van der Waals surface area contributed by atoms with Crippen molar-refractivity contribution < 1.29 is 14.0 Å². The molecule has 0 aromatic heterocycles. The van der Waals surface area contributed by atoms with Gasteiger partial charge < -0.3 is 10.2 Å². The van der Waals surface area contributed by atoms with Crippen molar-refractivity contribution in [1.82, 2.24) is 10.2 Å². The molecule has 31 heavy (non-hydrogen) atoms. The lowest BCUT2D eigenvalue weighted by atomic mass is 10.1. The number of nitrogens with one attached hydrogen (secondary N) is 1. The molecular weight excluding hydrogens is 458 g/mol. The van der Waals surface area contributed by atoms with Gasteiger partial charge in [0.25, 0.3) is 0 Å². The number of carbonyl (C=O) groups excluding carboxylic acids is 2. The number of nitrogens with zero attached hydrogens (tertiary/aromatic N) is 1. The van der Waals surface area contributed by atoms with E-state index in [9.17, 15) is 14.0 Å². The molecule has 0 saturated carbocycles. The summed E-state index contributed by atoms with van der Waals surface area (Å²) in [5, 5.41) is 3.70. The first kappa shape index (κ1) is 25.5. The molecule has 8 heteroatoms. The molecule has 0 saturated heterocycles. The largest absolute Gasteiger partial charge is 0.354 e. The molecule has 0 aliphatic heterocycles. The van der Waals surface area contributed by atoms with E-state index in [1.165, 1.54) is 17.8 Å². The molecule has 4 nitrogen and oxygen atoms in total. The van der Waals surface area contributed by atoms with Crippen LogP contribution in [0.5, 0.6) is 0 Å². The predicted molar refractivity (Wildman–Crippen MR) is 127 cm³/mol. The van der Waals surface area contributed by atoms with Crippen LogP contribution in [0.25, 0.3) is 0 Å². The fourth-order valence-electron chi connectivity index (χ4n) is 3.07. The average Bonchev–Trinajstić information content (AvgIpc) is 2.75. The molecule has 2 aromatic carbocycles. The molecule has 0 aliphatic rings. The van der Waals surface area contributed by atoms with Crippen LogP contribution in [0, 0.1) is 5.82 Å². The Balaban J connectivity index is 2.16. The van der Waals surface area contributed by atoms with Crippen molar-refractivity contribution in [3.63, 3.8) is 0 Å². The van der Waals surface area contributed by atoms with E-state index in [0.29, 0.717) is 34.3 Å². The quantitative estimate of drug-likeness (QED) is 0.444. The van der Waals surface area contributed by atoms with E-state index in [1.54, 1.807) is 41.3 Å². The Kier molecular flexibility index (Phi) is 10.6. The van der Waals surface area contributed by atoms with Gasteiger partial charge >= 0.3 is 0 Å². The van der Waals surface area contributed by atoms with E-state index < -0.39 is 6.04 Å². The van der Waals surface area contributed by atoms with Crippen molar-refractivity contribution >= 4 is 46.8 Å². The minimum Gasteiger partial charge on any atom is -0.354 e. The topological polar surface area (TPSA) is 49.4 Å². The van der Waals surface area contributed by atoms with Gasteiger partial charge in [-0.05, 0) is 42.2 Å². The van der Waals surface area contributed by atoms with E-state index >= 15 is 0 Å². The number of carbonyl (C=O) groups is 2. The van der Waals surface area contributed by atoms with E-state index in [4.69, 9.17) is 23.2 Å². The second kappa shape index (κ2) is 12.9. The number of hydrogen-bond donors (Lipinski definition) is 1. The smallest absolute Gasteiger partial charge is 0.242 e. The van der Waals surface area contributed by atoms with Gasteiger partial charge in [0, 0.05) is 18.8 Å². The molecule has 168 valence electrons. The molecule has 2 amide bonds. The fourth-order valence-corrected chi connectivity index (χ4v) is 4.28. The molecule has 1 atom stereocenters. The SMILES string of the molecule is CCCNC(=O)[C@H](CC)N(Cc1ccc(Cl)c(Cl)c1)C(=O)CSCc1ccccc1F. The molecule has 1 N–H and O–H groups in total. The highest BCUT2D eigenvalue weighted by Gasteiger charge is 2.28. The van der Waals surface area contributed by atoms with E-state index in [1.807, 2.05) is 13.8 Å². The predicted octanol–water partition coefficient (Wildman–Crippen LogP) is 5.70. The van der Waals surface area contributed by atoms with E-state index in [0.717, 1.165) is 12.0 Å². The van der Waals surface area contributed by atoms with Gasteiger partial charge in [-0.25, -0.2) is 4.39 Å². The summed E-state index contributed by atoms with van der Waals surface area (Å²) in [4.78, 5) is 27.4. The Bertz CT molecular complexity index is 898. The van der Waals surface area contributed by atoms with Crippen molar-refractivity contribution in [2.75, 3.05) is 12.3 Å². The van der Waals surface area contributed by atoms with Gasteiger partial charge in [0.15, 0.2) is 0 Å². The molecule has 0 bridgehead atoms. The zero-order valence-corrected chi connectivity index (χ0v) is 20.0. The first-order valence-corrected chi connectivity index (χ1v) is 12.1. The Morgan fingerprint density at radius 1 is 1.13 bits per heavy atom. The second-order valence-corrected chi connectivity index (χ2v) is 8.87. The maximum Gasteiger partial charge on any atom is 0.242 e. The van der Waals surface area contributed by atoms with Gasteiger partial charge in [-0.2, -0.15) is 0 Å². The molecule has 0 heterocycles. The highest BCUT2D eigenvalue weighted by Crippen LogP contribution is 2.24. The van der Waals surface area contributed by atoms with Gasteiger partial charge in [0.2, 0.25) is 11.8 Å². The monoisotopic (exact) mass is 484 g/mol. The molecule has 0 spiro atoms. The van der Waals surface area contributed by atoms with Crippen molar-refractivity contribution in [3.8, 4) is 0 Å². The van der Waals surface area contributed by atoms with E-state index in [-0.39, 0.29) is 29.9 Å². The van der Waals surface area contributed by atoms with Crippen LogP contribution in [0.15, 0.2) is 42.5 Å². The summed E-state index contributed by atoms with van der Waals surface area (Å²) in [6.45, 7) is 4.62. The van der Waals surface area contributed by atoms with Crippen LogP contribution in [-0.4, -0.2) is 35.1 Å². The first-order chi connectivity index (χ1) is 14.9. The van der Waals surface area contributed by atoms with Gasteiger partial charge in [-0.3, -0.25) is 9.59 Å². The molecule has 0 aliphatic carbocycles. The van der Waals surface area contributed by atoms with Crippen molar-refractivity contribution in [1.29, 1.82) is 0 Å². The minimum absolute atomic E-state index is 0.132. The summed E-state index contributed by atoms with van der Waals surface area (Å²) in [5.74, 6) is -0.159. The Morgan fingerprint density at radius 2 is 1.87 bits per heavy atom. The summed E-state index contributed by atoms with van der Waals surface area (Å²) in [7, 11) is 0. The van der Waals surface area contributed by atoms with Gasteiger partial charge in [-0.15, -0.1) is 11.8 Å². The maximum atomic E-state index is 13.9. The Labute approximate surface area is 197 Å². The highest BCUT2D eigenvalue weighted by atomic mass is 35.5. The minimum atomic E-state index is -0.609. The van der Waals surface area contributed by atoms with Crippen LogP contribution >= 0.6 is 35.0 Å². The molecular formula is C23H27Cl2FN2O2S. The number of benzene rings is 2. The van der Waals surface area contributed by atoms with Crippen molar-refractivity contribution in [2.45, 2.75) is 45.0 Å². The second-order valence-electron chi connectivity index (χ2n) is 7.07. The molecule has 0 radical (unpaired) electrons. The Morgan fingerprint density at radius 3 is 2.52 bits per heavy atom. The number of halogens is 3. The van der Waals surface area contributed by atoms with Crippen LogP contribution in [0.1, 0.15) is 37.8 Å². The van der Waals surface area contributed by atoms with Gasteiger partial charge in [-0.1, -0.05) is 61.3 Å². The number of amides is 2. The standard InChI is InChI=1S/C23H27Cl2FN2O2S/c1-3-11-27-23(30)21(4-2)28(13-16-9-10-18(24)19(25)12-16)22(29)15-31-14-17-7-5-6-8-20(17)26/h5-10,12,21H,3-4,11,13-15H2,1-2H3,(H,27,30)/t21-/m0/s1. The third-order valence-corrected chi connectivity index (χ3v) is 6.42. The van der Waals surface area contributed by atoms with Gasteiger partial charge in [0.05, 0.1) is 15.8 Å². The van der Waals surface area contributed by atoms with E-state index in [2.05, 4.69) is 5.32 Å². The zero-order valence-electron chi connectivity index (χ0n) is 17.7. The van der Waals surface area contributed by atoms with Crippen molar-refractivity contribution in [3.05, 3.63) is 69.5 Å². The van der Waals surface area contributed by atoms with Crippen LogP contribution in [0.3, 0.4) is 0 Å². The summed E-state index contributed by atoms with van der Waals surface area (Å²) < 4.78 is 13.9. The van der Waals surface area contributed by atoms with Gasteiger partial charge in [0.1, 0.15) is 11.9 Å². The number of hydrogen-bond acceptors (Lipinski definition) is 3. The average molecular weight is 485 g/mol. The number of thioether (sulfide) groups is 1. The Hall–Kier alpha value is -1.76. The molecule has 0 fully saturated rings. The summed E-state index contributed by atoms with van der Waals surface area (Å²) in [6, 6.07) is 11.1. The third-order valence-electron chi connectivity index (χ3n) is 4.71. The van der Waals surface area contributed by atoms with Crippen LogP contribution in [0.4, 0.5) is 4.39 Å². The summed E-state index contributed by atoms with van der Waals surface area (Å²) in [6.07, 6.45) is 1.28. The third kappa shape index (κ3) is 7.70. The first-order valence-electron chi connectivity index (χ1n) is 10.2. The lowest BCUT2D eigenvalue weighted by molar-refractivity contribution is -0.139. The summed E-state index contributed by atoms with van der Waals surface area (Å²) in [5.41, 5.74) is 1.33. The molecule has 0 unspecified atom stereocenters. The van der Waals surface area contributed by atoms with Crippen LogP contribution in [-0.2, 0) is 21.9 Å². The fraction of sp³-hybridized carbons (Fsp3) is 0.391.